The summed E-state index contributed by atoms with van der Waals surface area (Å²) in [4.78, 5) is 0. The monoisotopic (exact) mass is 305 g/mol. The predicted octanol–water partition coefficient (Wildman–Crippen LogP) is 4.05. The molecule has 0 fully saturated rings. The maximum absolute atomic E-state index is 5.86. The lowest BCUT2D eigenvalue weighted by molar-refractivity contribution is 0.479. The fourth-order valence-electron chi connectivity index (χ4n) is 1.75. The fourth-order valence-corrected chi connectivity index (χ4v) is 2.32. The highest BCUT2D eigenvalue weighted by atomic mass is 79.9. The van der Waals surface area contributed by atoms with E-state index in [9.17, 15) is 0 Å². The SMILES string of the molecule is Cc1ccc(Oc2cccc(CCN)c2)c(Br)c1. The molecule has 0 aromatic heterocycles. The van der Waals surface area contributed by atoms with Gasteiger partial charge in [-0.05, 0) is 71.2 Å². The summed E-state index contributed by atoms with van der Waals surface area (Å²) in [5.74, 6) is 1.66. The minimum Gasteiger partial charge on any atom is -0.456 e. The van der Waals surface area contributed by atoms with Crippen LogP contribution in [0.15, 0.2) is 46.9 Å². The van der Waals surface area contributed by atoms with Crippen LogP contribution in [0.4, 0.5) is 0 Å². The van der Waals surface area contributed by atoms with E-state index in [4.69, 9.17) is 10.5 Å². The van der Waals surface area contributed by atoms with Crippen molar-refractivity contribution in [3.8, 4) is 11.5 Å². The molecule has 0 saturated carbocycles. The third-order valence-electron chi connectivity index (χ3n) is 2.65. The Labute approximate surface area is 116 Å². The van der Waals surface area contributed by atoms with E-state index >= 15 is 0 Å². The van der Waals surface area contributed by atoms with Crippen LogP contribution >= 0.6 is 15.9 Å². The molecule has 0 aliphatic rings. The summed E-state index contributed by atoms with van der Waals surface area (Å²) in [7, 11) is 0. The average molecular weight is 306 g/mol. The van der Waals surface area contributed by atoms with Gasteiger partial charge in [0.2, 0.25) is 0 Å². The van der Waals surface area contributed by atoms with Gasteiger partial charge in [0.05, 0.1) is 4.47 Å². The number of halogens is 1. The van der Waals surface area contributed by atoms with Gasteiger partial charge in [-0.15, -0.1) is 0 Å². The second kappa shape index (κ2) is 6.03. The summed E-state index contributed by atoms with van der Waals surface area (Å²) < 4.78 is 6.83. The standard InChI is InChI=1S/C15H16BrNO/c1-11-5-6-15(14(16)9-11)18-13-4-2-3-12(10-13)7-8-17/h2-6,9-10H,7-8,17H2,1H3. The highest BCUT2D eigenvalue weighted by Gasteiger charge is 2.03. The summed E-state index contributed by atoms with van der Waals surface area (Å²) >= 11 is 3.51. The summed E-state index contributed by atoms with van der Waals surface area (Å²) in [6.45, 7) is 2.70. The Bertz CT molecular complexity index is 540. The van der Waals surface area contributed by atoms with E-state index in [1.54, 1.807) is 0 Å². The van der Waals surface area contributed by atoms with Gasteiger partial charge in [-0.3, -0.25) is 0 Å². The van der Waals surface area contributed by atoms with E-state index in [-0.39, 0.29) is 0 Å². The molecule has 0 aliphatic heterocycles. The van der Waals surface area contributed by atoms with Crippen LogP contribution in [0.1, 0.15) is 11.1 Å². The lowest BCUT2D eigenvalue weighted by atomic mass is 10.1. The van der Waals surface area contributed by atoms with Crippen LogP contribution in [0.25, 0.3) is 0 Å². The molecule has 2 rings (SSSR count). The van der Waals surface area contributed by atoms with Crippen LogP contribution in [-0.4, -0.2) is 6.54 Å². The van der Waals surface area contributed by atoms with Gasteiger partial charge in [0.15, 0.2) is 0 Å². The number of benzene rings is 2. The number of nitrogens with two attached hydrogens (primary N) is 1. The van der Waals surface area contributed by atoms with Gasteiger partial charge in [0, 0.05) is 0 Å². The molecule has 0 amide bonds. The number of hydrogen-bond donors (Lipinski definition) is 1. The average Bonchev–Trinajstić information content (AvgIpc) is 2.34. The molecule has 2 N–H and O–H groups in total. The smallest absolute Gasteiger partial charge is 0.141 e. The molecule has 94 valence electrons. The Morgan fingerprint density at radius 1 is 1.17 bits per heavy atom. The zero-order valence-corrected chi connectivity index (χ0v) is 11.9. The molecule has 18 heavy (non-hydrogen) atoms. The van der Waals surface area contributed by atoms with Gasteiger partial charge in [0.1, 0.15) is 11.5 Å². The fraction of sp³-hybridized carbons (Fsp3) is 0.200. The van der Waals surface area contributed by atoms with Crippen LogP contribution in [-0.2, 0) is 6.42 Å². The van der Waals surface area contributed by atoms with Gasteiger partial charge in [-0.2, -0.15) is 0 Å². The Hall–Kier alpha value is -1.32. The molecule has 2 aromatic carbocycles. The number of aryl methyl sites for hydroxylation is 1. The van der Waals surface area contributed by atoms with Crippen molar-refractivity contribution in [2.75, 3.05) is 6.54 Å². The third kappa shape index (κ3) is 3.34. The molecular weight excluding hydrogens is 290 g/mol. The van der Waals surface area contributed by atoms with Crippen molar-refractivity contribution in [3.05, 3.63) is 58.1 Å². The zero-order valence-electron chi connectivity index (χ0n) is 10.3. The van der Waals surface area contributed by atoms with Crippen molar-refractivity contribution in [2.24, 2.45) is 5.73 Å². The molecule has 2 aromatic rings. The van der Waals surface area contributed by atoms with Gasteiger partial charge in [-0.25, -0.2) is 0 Å². The highest BCUT2D eigenvalue weighted by molar-refractivity contribution is 9.10. The van der Waals surface area contributed by atoms with Crippen LogP contribution in [0.2, 0.25) is 0 Å². The molecular formula is C15H16BrNO. The lowest BCUT2D eigenvalue weighted by Crippen LogP contribution is -2.02. The molecule has 0 saturated heterocycles. The molecule has 0 atom stereocenters. The molecule has 0 aliphatic carbocycles. The minimum atomic E-state index is 0.650. The van der Waals surface area contributed by atoms with E-state index in [1.165, 1.54) is 11.1 Å². The zero-order chi connectivity index (χ0) is 13.0. The molecule has 0 unspecified atom stereocenters. The normalized spacial score (nSPS) is 10.4. The van der Waals surface area contributed by atoms with Crippen LogP contribution in [0, 0.1) is 6.92 Å². The Balaban J connectivity index is 2.20. The van der Waals surface area contributed by atoms with Crippen LogP contribution < -0.4 is 10.5 Å². The summed E-state index contributed by atoms with van der Waals surface area (Å²) in [5, 5.41) is 0. The predicted molar refractivity (Wildman–Crippen MR) is 78.2 cm³/mol. The maximum Gasteiger partial charge on any atom is 0.141 e. The number of hydrogen-bond acceptors (Lipinski definition) is 2. The van der Waals surface area contributed by atoms with E-state index in [0.29, 0.717) is 6.54 Å². The molecule has 0 bridgehead atoms. The highest BCUT2D eigenvalue weighted by Crippen LogP contribution is 2.30. The van der Waals surface area contributed by atoms with E-state index < -0.39 is 0 Å². The molecule has 3 heteroatoms. The number of rotatable bonds is 4. The van der Waals surface area contributed by atoms with Gasteiger partial charge in [-0.1, -0.05) is 18.2 Å². The largest absolute Gasteiger partial charge is 0.456 e. The van der Waals surface area contributed by atoms with E-state index in [0.717, 1.165) is 22.4 Å². The lowest BCUT2D eigenvalue weighted by Gasteiger charge is -2.09. The second-order valence-electron chi connectivity index (χ2n) is 4.22. The van der Waals surface area contributed by atoms with E-state index in [1.807, 2.05) is 36.4 Å². The topological polar surface area (TPSA) is 35.2 Å². The van der Waals surface area contributed by atoms with Crippen molar-refractivity contribution in [1.82, 2.24) is 0 Å². The van der Waals surface area contributed by atoms with Crippen LogP contribution in [0.5, 0.6) is 11.5 Å². The van der Waals surface area contributed by atoms with Crippen molar-refractivity contribution in [2.45, 2.75) is 13.3 Å². The van der Waals surface area contributed by atoms with E-state index in [2.05, 4.69) is 28.9 Å². The van der Waals surface area contributed by atoms with Gasteiger partial charge >= 0.3 is 0 Å². The Morgan fingerprint density at radius 2 is 2.00 bits per heavy atom. The second-order valence-corrected chi connectivity index (χ2v) is 5.08. The van der Waals surface area contributed by atoms with Gasteiger partial charge < -0.3 is 10.5 Å². The summed E-state index contributed by atoms with van der Waals surface area (Å²) in [6, 6.07) is 14.1. The molecule has 0 spiro atoms. The summed E-state index contributed by atoms with van der Waals surface area (Å²) in [5.41, 5.74) is 7.95. The maximum atomic E-state index is 5.86. The number of ether oxygens (including phenoxy) is 1. The first-order valence-corrected chi connectivity index (χ1v) is 6.71. The first-order valence-electron chi connectivity index (χ1n) is 5.92. The molecule has 2 nitrogen and oxygen atoms in total. The summed E-state index contributed by atoms with van der Waals surface area (Å²) in [6.07, 6.45) is 0.867. The van der Waals surface area contributed by atoms with Crippen LogP contribution in [0.3, 0.4) is 0 Å². The van der Waals surface area contributed by atoms with Gasteiger partial charge in [0.25, 0.3) is 0 Å². The van der Waals surface area contributed by atoms with Crippen molar-refractivity contribution in [3.63, 3.8) is 0 Å². The van der Waals surface area contributed by atoms with Crippen molar-refractivity contribution < 1.29 is 4.74 Å². The third-order valence-corrected chi connectivity index (χ3v) is 3.27. The first-order chi connectivity index (χ1) is 8.69. The quantitative estimate of drug-likeness (QED) is 0.925. The van der Waals surface area contributed by atoms with Crippen molar-refractivity contribution >= 4 is 15.9 Å². The van der Waals surface area contributed by atoms with Crippen molar-refractivity contribution in [1.29, 1.82) is 0 Å². The minimum absolute atomic E-state index is 0.650. The Morgan fingerprint density at radius 3 is 2.72 bits per heavy atom. The molecule has 0 heterocycles. The first kappa shape index (κ1) is 13.1. The Kier molecular flexibility index (Phi) is 4.39. The molecule has 0 radical (unpaired) electrons.